The number of nitrogens with one attached hydrogen (secondary N) is 2. The molecule has 30 heavy (non-hydrogen) atoms. The largest absolute Gasteiger partial charge is 0.466 e. The average molecular weight is 416 g/mol. The van der Waals surface area contributed by atoms with E-state index in [0.717, 1.165) is 18.5 Å². The number of nitrogens with zero attached hydrogens (tertiary/aromatic N) is 1. The number of benzene rings is 1. The van der Waals surface area contributed by atoms with Crippen LogP contribution in [-0.4, -0.2) is 55.0 Å². The van der Waals surface area contributed by atoms with E-state index in [0.29, 0.717) is 38.1 Å². The van der Waals surface area contributed by atoms with Crippen molar-refractivity contribution in [3.63, 3.8) is 0 Å². The first-order chi connectivity index (χ1) is 14.6. The normalized spacial score (nSPS) is 18.0. The van der Waals surface area contributed by atoms with Crippen molar-refractivity contribution in [3.8, 4) is 0 Å². The lowest BCUT2D eigenvalue weighted by atomic mass is 9.95. The molecule has 2 aliphatic rings. The van der Waals surface area contributed by atoms with Gasteiger partial charge in [0.1, 0.15) is 0 Å². The smallest absolute Gasteiger partial charge is 0.309 e. The topological polar surface area (TPSA) is 87.7 Å². The number of hydrogen-bond acceptors (Lipinski definition) is 5. The van der Waals surface area contributed by atoms with Crippen molar-refractivity contribution in [2.24, 2.45) is 5.92 Å². The highest BCUT2D eigenvalue weighted by molar-refractivity contribution is 5.95. The van der Waals surface area contributed by atoms with E-state index in [1.165, 1.54) is 19.3 Å². The molecule has 3 rings (SSSR count). The van der Waals surface area contributed by atoms with E-state index in [4.69, 9.17) is 4.74 Å². The van der Waals surface area contributed by atoms with Crippen LogP contribution in [0.3, 0.4) is 0 Å². The Hall–Kier alpha value is -2.57. The van der Waals surface area contributed by atoms with E-state index in [1.54, 1.807) is 24.0 Å². The average Bonchev–Trinajstić information content (AvgIpc) is 2.78. The van der Waals surface area contributed by atoms with E-state index < -0.39 is 0 Å². The van der Waals surface area contributed by atoms with E-state index in [2.05, 4.69) is 10.6 Å². The van der Waals surface area contributed by atoms with Crippen molar-refractivity contribution < 1.29 is 19.1 Å². The van der Waals surface area contributed by atoms with Gasteiger partial charge in [-0.05, 0) is 50.8 Å². The lowest BCUT2D eigenvalue weighted by Gasteiger charge is -2.31. The Balaban J connectivity index is 1.45. The van der Waals surface area contributed by atoms with E-state index >= 15 is 0 Å². The van der Waals surface area contributed by atoms with Crippen LogP contribution in [0.25, 0.3) is 0 Å². The van der Waals surface area contributed by atoms with Gasteiger partial charge in [0.2, 0.25) is 5.91 Å². The van der Waals surface area contributed by atoms with E-state index in [-0.39, 0.29) is 36.3 Å². The molecule has 0 aromatic heterocycles. The van der Waals surface area contributed by atoms with Gasteiger partial charge in [-0.1, -0.05) is 25.3 Å². The summed E-state index contributed by atoms with van der Waals surface area (Å²) in [4.78, 5) is 38.7. The van der Waals surface area contributed by atoms with Gasteiger partial charge in [0, 0.05) is 30.4 Å². The summed E-state index contributed by atoms with van der Waals surface area (Å²) in [7, 11) is 0. The molecule has 7 heteroatoms. The van der Waals surface area contributed by atoms with Gasteiger partial charge in [-0.25, -0.2) is 0 Å². The lowest BCUT2D eigenvalue weighted by Crippen LogP contribution is -2.43. The van der Waals surface area contributed by atoms with Gasteiger partial charge in [-0.3, -0.25) is 14.4 Å². The van der Waals surface area contributed by atoms with Gasteiger partial charge < -0.3 is 20.3 Å². The minimum atomic E-state index is -0.161. The predicted molar refractivity (Wildman–Crippen MR) is 115 cm³/mol. The molecule has 1 aromatic rings. The van der Waals surface area contributed by atoms with E-state index in [9.17, 15) is 14.4 Å². The van der Waals surface area contributed by atoms with Crippen molar-refractivity contribution in [1.82, 2.24) is 10.2 Å². The summed E-state index contributed by atoms with van der Waals surface area (Å²) in [6.45, 7) is 3.48. The van der Waals surface area contributed by atoms with Crippen LogP contribution in [0.4, 0.5) is 5.69 Å². The van der Waals surface area contributed by atoms with Gasteiger partial charge in [0.25, 0.3) is 5.91 Å². The summed E-state index contributed by atoms with van der Waals surface area (Å²) >= 11 is 0. The SMILES string of the molecule is CCOC(=O)C1CCN(C(=O)CNc2cccc(C(=O)NC3CCCCC3)c2)CC1. The Morgan fingerprint density at radius 1 is 1.07 bits per heavy atom. The molecule has 1 saturated heterocycles. The van der Waals surface area contributed by atoms with Crippen LogP contribution in [0.5, 0.6) is 0 Å². The summed E-state index contributed by atoms with van der Waals surface area (Å²) in [5.41, 5.74) is 1.36. The maximum Gasteiger partial charge on any atom is 0.309 e. The maximum absolute atomic E-state index is 12.5. The molecule has 1 saturated carbocycles. The zero-order chi connectivity index (χ0) is 21.3. The van der Waals surface area contributed by atoms with Gasteiger partial charge in [0.15, 0.2) is 0 Å². The number of carbonyl (C=O) groups excluding carboxylic acids is 3. The second kappa shape index (κ2) is 11.0. The van der Waals surface area contributed by atoms with Crippen LogP contribution in [0.15, 0.2) is 24.3 Å². The number of anilines is 1. The number of carbonyl (C=O) groups is 3. The summed E-state index contributed by atoms with van der Waals surface area (Å²) in [5.74, 6) is -0.334. The highest BCUT2D eigenvalue weighted by Gasteiger charge is 2.28. The van der Waals surface area contributed by atoms with Gasteiger partial charge in [-0.2, -0.15) is 0 Å². The fraction of sp³-hybridized carbons (Fsp3) is 0.609. The molecule has 0 atom stereocenters. The minimum Gasteiger partial charge on any atom is -0.466 e. The summed E-state index contributed by atoms with van der Waals surface area (Å²) in [6, 6.07) is 7.54. The number of esters is 1. The van der Waals surface area contributed by atoms with Gasteiger partial charge >= 0.3 is 5.97 Å². The fourth-order valence-corrected chi connectivity index (χ4v) is 4.20. The van der Waals surface area contributed by atoms with Gasteiger partial charge in [0.05, 0.1) is 19.1 Å². The molecule has 2 amide bonds. The third-order valence-electron chi connectivity index (χ3n) is 5.98. The molecule has 7 nitrogen and oxygen atoms in total. The minimum absolute atomic E-state index is 0.00521. The quantitative estimate of drug-likeness (QED) is 0.669. The Morgan fingerprint density at radius 3 is 2.50 bits per heavy atom. The summed E-state index contributed by atoms with van der Waals surface area (Å²) < 4.78 is 5.07. The molecule has 1 heterocycles. The van der Waals surface area contributed by atoms with Crippen LogP contribution in [-0.2, 0) is 14.3 Å². The number of piperidine rings is 1. The number of rotatable bonds is 7. The summed E-state index contributed by atoms with van der Waals surface area (Å²) in [5, 5.41) is 6.25. The van der Waals surface area contributed by atoms with Crippen LogP contribution in [0.1, 0.15) is 62.2 Å². The monoisotopic (exact) mass is 415 g/mol. The molecule has 2 fully saturated rings. The molecule has 0 radical (unpaired) electrons. The standard InChI is InChI=1S/C23H33N3O4/c1-2-30-23(29)17-11-13-26(14-12-17)21(27)16-24-20-10-6-7-18(15-20)22(28)25-19-8-4-3-5-9-19/h6-7,10,15,17,19,24H,2-5,8-9,11-14,16H2,1H3,(H,25,28). The number of amides is 2. The highest BCUT2D eigenvalue weighted by atomic mass is 16.5. The third kappa shape index (κ3) is 6.21. The van der Waals surface area contributed by atoms with Crippen molar-refractivity contribution in [1.29, 1.82) is 0 Å². The van der Waals surface area contributed by atoms with Crippen molar-refractivity contribution in [3.05, 3.63) is 29.8 Å². The van der Waals surface area contributed by atoms with Crippen LogP contribution in [0, 0.1) is 5.92 Å². The molecule has 0 unspecified atom stereocenters. The Kier molecular flexibility index (Phi) is 8.11. The molecular weight excluding hydrogens is 382 g/mol. The third-order valence-corrected chi connectivity index (χ3v) is 5.98. The molecule has 164 valence electrons. The molecular formula is C23H33N3O4. The molecule has 1 aromatic carbocycles. The van der Waals surface area contributed by atoms with Crippen molar-refractivity contribution >= 4 is 23.5 Å². The van der Waals surface area contributed by atoms with Crippen LogP contribution < -0.4 is 10.6 Å². The number of ether oxygens (including phenoxy) is 1. The summed E-state index contributed by atoms with van der Waals surface area (Å²) in [6.07, 6.45) is 6.97. The van der Waals surface area contributed by atoms with E-state index in [1.807, 2.05) is 12.1 Å². The zero-order valence-electron chi connectivity index (χ0n) is 17.8. The number of hydrogen-bond donors (Lipinski definition) is 2. The second-order valence-corrected chi connectivity index (χ2v) is 8.15. The maximum atomic E-state index is 12.5. The molecule has 1 aliphatic heterocycles. The first-order valence-corrected chi connectivity index (χ1v) is 11.2. The molecule has 0 spiro atoms. The first-order valence-electron chi connectivity index (χ1n) is 11.2. The second-order valence-electron chi connectivity index (χ2n) is 8.15. The van der Waals surface area contributed by atoms with Crippen LogP contribution >= 0.6 is 0 Å². The van der Waals surface area contributed by atoms with Crippen molar-refractivity contribution in [2.45, 2.75) is 57.9 Å². The van der Waals surface area contributed by atoms with Gasteiger partial charge in [-0.15, -0.1) is 0 Å². The molecule has 0 bridgehead atoms. The Bertz CT molecular complexity index is 738. The molecule has 2 N–H and O–H groups in total. The fourth-order valence-electron chi connectivity index (χ4n) is 4.20. The van der Waals surface area contributed by atoms with Crippen LogP contribution in [0.2, 0.25) is 0 Å². The van der Waals surface area contributed by atoms with Crippen molar-refractivity contribution in [2.75, 3.05) is 31.6 Å². The zero-order valence-corrected chi connectivity index (χ0v) is 17.8. The predicted octanol–water partition coefficient (Wildman–Crippen LogP) is 2.96. The number of likely N-dealkylation sites (tertiary alicyclic amines) is 1. The Labute approximate surface area is 178 Å². The lowest BCUT2D eigenvalue weighted by molar-refractivity contribution is -0.151. The highest BCUT2D eigenvalue weighted by Crippen LogP contribution is 2.20. The first kappa shape index (κ1) is 22.1. The Morgan fingerprint density at radius 2 is 1.80 bits per heavy atom. The molecule has 1 aliphatic carbocycles.